The molecule has 0 bridgehead atoms. The largest absolute Gasteiger partial charge is 0.394 e. The van der Waals surface area contributed by atoms with Gasteiger partial charge >= 0.3 is 0 Å². The van der Waals surface area contributed by atoms with Gasteiger partial charge in [-0.1, -0.05) is 0 Å². The quantitative estimate of drug-likeness (QED) is 0.390. The third-order valence-corrected chi connectivity index (χ3v) is 2.17. The van der Waals surface area contributed by atoms with Gasteiger partial charge in [-0.3, -0.25) is 0 Å². The predicted octanol–water partition coefficient (Wildman–Crippen LogP) is -1.50. The van der Waals surface area contributed by atoms with E-state index >= 15 is 0 Å². The second kappa shape index (κ2) is 8.86. The van der Waals surface area contributed by atoms with Crippen LogP contribution in [0.2, 0.25) is 0 Å². The molecule has 0 aliphatic rings. The molecule has 0 rings (SSSR count). The van der Waals surface area contributed by atoms with E-state index in [9.17, 15) is 10.2 Å². The van der Waals surface area contributed by atoms with Crippen molar-refractivity contribution in [3.63, 3.8) is 0 Å². The van der Waals surface area contributed by atoms with Crippen LogP contribution in [0.15, 0.2) is 0 Å². The van der Waals surface area contributed by atoms with E-state index in [4.69, 9.17) is 19.7 Å². The lowest BCUT2D eigenvalue weighted by Crippen LogP contribution is -2.50. The first-order chi connectivity index (χ1) is 7.62. The highest BCUT2D eigenvalue weighted by molar-refractivity contribution is 4.83. The first-order valence-corrected chi connectivity index (χ1v) is 5.43. The highest BCUT2D eigenvalue weighted by atomic mass is 16.6. The number of aliphatic hydroxyl groups excluding tert-OH is 4. The molecule has 16 heavy (non-hydrogen) atoms. The Bertz CT molecular complexity index is 147. The minimum atomic E-state index is -1.15. The molecule has 0 spiro atoms. The van der Waals surface area contributed by atoms with Crippen LogP contribution in [0.4, 0.5) is 0 Å². The minimum absolute atomic E-state index is 0.309. The van der Waals surface area contributed by atoms with E-state index in [0.29, 0.717) is 13.2 Å². The molecule has 4 N–H and O–H groups in total. The van der Waals surface area contributed by atoms with Gasteiger partial charge < -0.3 is 29.9 Å². The van der Waals surface area contributed by atoms with Crippen molar-refractivity contribution in [2.75, 3.05) is 26.4 Å². The summed E-state index contributed by atoms with van der Waals surface area (Å²) in [5.41, 5.74) is 0. The van der Waals surface area contributed by atoms with E-state index in [2.05, 4.69) is 0 Å². The van der Waals surface area contributed by atoms with Crippen molar-refractivity contribution in [3.8, 4) is 0 Å². The summed E-state index contributed by atoms with van der Waals surface area (Å²) < 4.78 is 10.5. The highest BCUT2D eigenvalue weighted by Crippen LogP contribution is 2.13. The van der Waals surface area contributed by atoms with E-state index < -0.39 is 37.6 Å². The fourth-order valence-corrected chi connectivity index (χ4v) is 1.44. The number of hydrogen-bond acceptors (Lipinski definition) is 6. The van der Waals surface area contributed by atoms with E-state index in [1.54, 1.807) is 13.8 Å². The van der Waals surface area contributed by atoms with Crippen LogP contribution in [-0.2, 0) is 9.47 Å². The van der Waals surface area contributed by atoms with Gasteiger partial charge in [0.15, 0.2) is 0 Å². The highest BCUT2D eigenvalue weighted by Gasteiger charge is 2.34. The fourth-order valence-electron chi connectivity index (χ4n) is 1.44. The normalized spacial score (nSPS) is 19.1. The van der Waals surface area contributed by atoms with Gasteiger partial charge in [-0.2, -0.15) is 0 Å². The summed E-state index contributed by atoms with van der Waals surface area (Å²) in [4.78, 5) is 0. The Hall–Kier alpha value is -0.240. The van der Waals surface area contributed by atoms with Crippen LogP contribution in [-0.4, -0.2) is 71.3 Å². The summed E-state index contributed by atoms with van der Waals surface area (Å²) >= 11 is 0. The smallest absolute Gasteiger partial charge is 0.114 e. The Morgan fingerprint density at radius 3 is 1.31 bits per heavy atom. The van der Waals surface area contributed by atoms with E-state index in [1.165, 1.54) is 0 Å². The van der Waals surface area contributed by atoms with Crippen molar-refractivity contribution in [3.05, 3.63) is 0 Å². The number of rotatable bonds is 9. The molecule has 98 valence electrons. The molecular weight excluding hydrogens is 216 g/mol. The summed E-state index contributed by atoms with van der Waals surface area (Å²) in [5.74, 6) is 0. The zero-order valence-electron chi connectivity index (χ0n) is 9.74. The average molecular weight is 238 g/mol. The maximum absolute atomic E-state index is 9.54. The summed E-state index contributed by atoms with van der Waals surface area (Å²) in [6.07, 6.45) is -4.04. The number of aliphatic hydroxyl groups is 4. The maximum Gasteiger partial charge on any atom is 0.114 e. The van der Waals surface area contributed by atoms with Gasteiger partial charge in [0, 0.05) is 13.2 Å². The summed E-state index contributed by atoms with van der Waals surface area (Å²) in [6, 6.07) is 0. The lowest BCUT2D eigenvalue weighted by atomic mass is 10.0. The fraction of sp³-hybridized carbons (Fsp3) is 1.00. The van der Waals surface area contributed by atoms with Crippen LogP contribution < -0.4 is 0 Å². The maximum atomic E-state index is 9.54. The first-order valence-electron chi connectivity index (χ1n) is 5.43. The van der Waals surface area contributed by atoms with Crippen molar-refractivity contribution >= 4 is 0 Å². The number of hydrogen-bond donors (Lipinski definition) is 4. The predicted molar refractivity (Wildman–Crippen MR) is 57.0 cm³/mol. The van der Waals surface area contributed by atoms with Gasteiger partial charge in [-0.25, -0.2) is 0 Å². The van der Waals surface area contributed by atoms with Gasteiger partial charge in [0.05, 0.1) is 13.2 Å². The van der Waals surface area contributed by atoms with Crippen LogP contribution in [0.5, 0.6) is 0 Å². The van der Waals surface area contributed by atoms with Gasteiger partial charge in [0.2, 0.25) is 0 Å². The second-order valence-electron chi connectivity index (χ2n) is 3.34. The molecule has 6 heteroatoms. The van der Waals surface area contributed by atoms with Gasteiger partial charge in [-0.15, -0.1) is 0 Å². The summed E-state index contributed by atoms with van der Waals surface area (Å²) in [5, 5.41) is 36.8. The van der Waals surface area contributed by atoms with Gasteiger partial charge in [0.25, 0.3) is 0 Å². The SMILES string of the molecule is CCOC(C(O)CO)C(OCC)C(O)CO. The van der Waals surface area contributed by atoms with Crippen molar-refractivity contribution in [2.45, 2.75) is 38.3 Å². The third kappa shape index (κ3) is 4.73. The number of ether oxygens (including phenoxy) is 2. The van der Waals surface area contributed by atoms with Crippen molar-refractivity contribution in [1.82, 2.24) is 0 Å². The zero-order chi connectivity index (χ0) is 12.6. The van der Waals surface area contributed by atoms with Crippen molar-refractivity contribution in [2.24, 2.45) is 0 Å². The van der Waals surface area contributed by atoms with Crippen LogP contribution in [0, 0.1) is 0 Å². The van der Waals surface area contributed by atoms with E-state index in [0.717, 1.165) is 0 Å². The Labute approximate surface area is 95.4 Å². The molecule has 0 aromatic carbocycles. The lowest BCUT2D eigenvalue weighted by Gasteiger charge is -2.32. The molecule has 0 aliphatic carbocycles. The van der Waals surface area contributed by atoms with Crippen LogP contribution >= 0.6 is 0 Å². The molecule has 4 unspecified atom stereocenters. The molecule has 0 radical (unpaired) electrons. The summed E-state index contributed by atoms with van der Waals surface area (Å²) in [7, 11) is 0. The van der Waals surface area contributed by atoms with Crippen molar-refractivity contribution in [1.29, 1.82) is 0 Å². The molecule has 0 aliphatic heterocycles. The molecule has 0 fully saturated rings. The van der Waals surface area contributed by atoms with Crippen LogP contribution in [0.3, 0.4) is 0 Å². The van der Waals surface area contributed by atoms with Crippen LogP contribution in [0.1, 0.15) is 13.8 Å². The molecule has 0 heterocycles. The van der Waals surface area contributed by atoms with Gasteiger partial charge in [0.1, 0.15) is 24.4 Å². The molecule has 0 aromatic heterocycles. The first kappa shape index (κ1) is 15.8. The molecule has 0 saturated carbocycles. The standard InChI is InChI=1S/C10H22O6/c1-3-15-9(7(13)5-11)10(16-4-2)8(14)6-12/h7-14H,3-6H2,1-2H3. The monoisotopic (exact) mass is 238 g/mol. The van der Waals surface area contributed by atoms with Gasteiger partial charge in [-0.05, 0) is 13.8 Å². The molecular formula is C10H22O6. The molecule has 0 amide bonds. The topological polar surface area (TPSA) is 99.4 Å². The second-order valence-corrected chi connectivity index (χ2v) is 3.34. The summed E-state index contributed by atoms with van der Waals surface area (Å²) in [6.45, 7) is 3.09. The molecule has 0 aromatic rings. The third-order valence-electron chi connectivity index (χ3n) is 2.17. The molecule has 0 saturated heterocycles. The van der Waals surface area contributed by atoms with E-state index in [1.807, 2.05) is 0 Å². The Morgan fingerprint density at radius 1 is 0.812 bits per heavy atom. The Kier molecular flexibility index (Phi) is 8.73. The Morgan fingerprint density at radius 2 is 1.12 bits per heavy atom. The average Bonchev–Trinajstić information content (AvgIpc) is 2.31. The van der Waals surface area contributed by atoms with Crippen molar-refractivity contribution < 1.29 is 29.9 Å². The van der Waals surface area contributed by atoms with E-state index in [-0.39, 0.29) is 0 Å². The zero-order valence-corrected chi connectivity index (χ0v) is 9.74. The minimum Gasteiger partial charge on any atom is -0.394 e. The molecule has 4 atom stereocenters. The lowest BCUT2D eigenvalue weighted by molar-refractivity contribution is -0.166. The Balaban J connectivity index is 4.63. The van der Waals surface area contributed by atoms with Crippen LogP contribution in [0.25, 0.3) is 0 Å². The molecule has 6 nitrogen and oxygen atoms in total.